The van der Waals surface area contributed by atoms with Crippen LogP contribution < -0.4 is 15.6 Å². The minimum atomic E-state index is -0.251. The Kier molecular flexibility index (Phi) is 6.07. The zero-order valence-corrected chi connectivity index (χ0v) is 18.5. The second-order valence-corrected chi connectivity index (χ2v) is 7.61. The predicted molar refractivity (Wildman–Crippen MR) is 124 cm³/mol. The molecule has 7 nitrogen and oxygen atoms in total. The molecule has 2 heterocycles. The first kappa shape index (κ1) is 21.4. The fraction of sp³-hybridized carbons (Fsp3) is 0.240. The maximum absolute atomic E-state index is 13.2. The Morgan fingerprint density at radius 3 is 2.47 bits per heavy atom. The van der Waals surface area contributed by atoms with Gasteiger partial charge in [-0.15, -0.1) is 0 Å². The summed E-state index contributed by atoms with van der Waals surface area (Å²) >= 11 is 0. The topological polar surface area (TPSA) is 78.2 Å². The van der Waals surface area contributed by atoms with E-state index in [1.54, 1.807) is 0 Å². The lowest BCUT2D eigenvalue weighted by molar-refractivity contribution is -0.121. The predicted octanol–water partition coefficient (Wildman–Crippen LogP) is 3.52. The molecule has 0 aliphatic heterocycles. The molecule has 7 heteroatoms. The van der Waals surface area contributed by atoms with Gasteiger partial charge >= 0.3 is 0 Å². The Hall–Kier alpha value is -3.87. The summed E-state index contributed by atoms with van der Waals surface area (Å²) in [5, 5.41) is 3.39. The van der Waals surface area contributed by atoms with Gasteiger partial charge in [0.15, 0.2) is 5.65 Å². The number of nitrogens with zero attached hydrogens (tertiary/aromatic N) is 3. The van der Waals surface area contributed by atoms with Crippen molar-refractivity contribution in [2.45, 2.75) is 33.9 Å². The maximum atomic E-state index is 13.2. The Morgan fingerprint density at radius 2 is 1.78 bits per heavy atom. The first-order valence-electron chi connectivity index (χ1n) is 10.6. The van der Waals surface area contributed by atoms with Gasteiger partial charge in [-0.1, -0.05) is 30.3 Å². The van der Waals surface area contributed by atoms with Crippen molar-refractivity contribution in [3.8, 4) is 11.4 Å². The third-order valence-electron chi connectivity index (χ3n) is 5.54. The lowest BCUT2D eigenvalue weighted by Crippen LogP contribution is -2.32. The molecule has 0 radical (unpaired) electrons. The Morgan fingerprint density at radius 1 is 1.06 bits per heavy atom. The van der Waals surface area contributed by atoms with E-state index in [0.717, 1.165) is 28.3 Å². The summed E-state index contributed by atoms with van der Waals surface area (Å²) in [7, 11) is 0. The molecule has 1 N–H and O–H groups in total. The largest absolute Gasteiger partial charge is 0.494 e. The number of fused-ring (bicyclic) bond motifs is 1. The first-order valence-corrected chi connectivity index (χ1v) is 10.6. The van der Waals surface area contributed by atoms with Gasteiger partial charge in [0.2, 0.25) is 5.91 Å². The number of para-hydroxylation sites is 1. The third-order valence-corrected chi connectivity index (χ3v) is 5.54. The average Bonchev–Trinajstić information content (AvgIpc) is 3.06. The molecule has 4 aromatic rings. The van der Waals surface area contributed by atoms with E-state index in [9.17, 15) is 9.59 Å². The molecule has 0 bridgehead atoms. The highest BCUT2D eigenvalue weighted by molar-refractivity contribution is 5.83. The van der Waals surface area contributed by atoms with Crippen LogP contribution in [0.2, 0.25) is 0 Å². The van der Waals surface area contributed by atoms with Crippen LogP contribution in [0.3, 0.4) is 0 Å². The number of benzene rings is 2. The van der Waals surface area contributed by atoms with Gasteiger partial charge in [-0.3, -0.25) is 18.7 Å². The normalized spacial score (nSPS) is 11.0. The number of hydrogen-bond donors (Lipinski definition) is 1. The lowest BCUT2D eigenvalue weighted by atomic mass is 10.2. The molecular formula is C25H26N4O3. The molecular weight excluding hydrogens is 404 g/mol. The minimum absolute atomic E-state index is 0.0895. The van der Waals surface area contributed by atoms with Crippen molar-refractivity contribution >= 4 is 16.9 Å². The van der Waals surface area contributed by atoms with E-state index in [1.807, 2.05) is 79.9 Å². The van der Waals surface area contributed by atoms with Gasteiger partial charge in [0.25, 0.3) is 5.56 Å². The second-order valence-electron chi connectivity index (χ2n) is 7.61. The van der Waals surface area contributed by atoms with Crippen LogP contribution in [0.25, 0.3) is 16.7 Å². The molecule has 4 rings (SSSR count). The molecule has 0 atom stereocenters. The number of carbonyl (C=O) groups excluding carboxylic acids is 1. The minimum Gasteiger partial charge on any atom is -0.494 e. The number of rotatable bonds is 7. The molecule has 0 aliphatic carbocycles. The summed E-state index contributed by atoms with van der Waals surface area (Å²) in [5.41, 5.74) is 4.10. The molecule has 0 saturated heterocycles. The number of nitrogens with one attached hydrogen (secondary N) is 1. The van der Waals surface area contributed by atoms with Crippen molar-refractivity contribution in [3.05, 3.63) is 88.1 Å². The monoisotopic (exact) mass is 430 g/mol. The van der Waals surface area contributed by atoms with E-state index in [0.29, 0.717) is 24.2 Å². The standard InChI is InChI=1S/C25H26N4O3/c1-4-32-21-12-10-19(11-13-21)14-26-22(30)15-28-16-27-24-23(25(28)31)17(2)18(3)29(24)20-8-6-5-7-9-20/h5-13,16H,4,14-15H2,1-3H3,(H,26,30). The fourth-order valence-corrected chi connectivity index (χ4v) is 3.77. The van der Waals surface area contributed by atoms with Gasteiger partial charge in [0, 0.05) is 17.9 Å². The number of aryl methyl sites for hydroxylation is 1. The molecule has 1 amide bonds. The van der Waals surface area contributed by atoms with Crippen LogP contribution >= 0.6 is 0 Å². The van der Waals surface area contributed by atoms with Crippen LogP contribution in [0.4, 0.5) is 0 Å². The number of hydrogen-bond acceptors (Lipinski definition) is 4. The summed E-state index contributed by atoms with van der Waals surface area (Å²) in [5.74, 6) is 0.542. The van der Waals surface area contributed by atoms with Crippen LogP contribution in [-0.2, 0) is 17.9 Å². The van der Waals surface area contributed by atoms with Gasteiger partial charge in [-0.25, -0.2) is 4.98 Å². The van der Waals surface area contributed by atoms with Gasteiger partial charge in [-0.05, 0) is 56.2 Å². The average molecular weight is 431 g/mol. The summed E-state index contributed by atoms with van der Waals surface area (Å²) in [4.78, 5) is 30.2. The van der Waals surface area contributed by atoms with E-state index < -0.39 is 0 Å². The van der Waals surface area contributed by atoms with Gasteiger partial charge in [0.1, 0.15) is 18.6 Å². The highest BCUT2D eigenvalue weighted by Crippen LogP contribution is 2.24. The summed E-state index contributed by atoms with van der Waals surface area (Å²) in [6.45, 7) is 6.71. The number of carbonyl (C=O) groups is 1. The first-order chi connectivity index (χ1) is 15.5. The second kappa shape index (κ2) is 9.09. The maximum Gasteiger partial charge on any atom is 0.263 e. The van der Waals surface area contributed by atoms with Gasteiger partial charge in [-0.2, -0.15) is 0 Å². The number of aromatic nitrogens is 3. The van der Waals surface area contributed by atoms with Crippen LogP contribution in [0, 0.1) is 13.8 Å². The van der Waals surface area contributed by atoms with Crippen LogP contribution in [-0.4, -0.2) is 26.6 Å². The molecule has 164 valence electrons. The Labute approximate surface area is 186 Å². The molecule has 0 saturated carbocycles. The fourth-order valence-electron chi connectivity index (χ4n) is 3.77. The molecule has 2 aromatic heterocycles. The number of ether oxygens (including phenoxy) is 1. The third kappa shape index (κ3) is 4.14. The van der Waals surface area contributed by atoms with E-state index in [1.165, 1.54) is 10.9 Å². The van der Waals surface area contributed by atoms with E-state index >= 15 is 0 Å². The highest BCUT2D eigenvalue weighted by atomic mass is 16.5. The smallest absolute Gasteiger partial charge is 0.263 e. The van der Waals surface area contributed by atoms with Crippen molar-refractivity contribution in [2.24, 2.45) is 0 Å². The van der Waals surface area contributed by atoms with Crippen molar-refractivity contribution in [1.29, 1.82) is 0 Å². The number of amides is 1. The lowest BCUT2D eigenvalue weighted by Gasteiger charge is -2.09. The molecule has 0 unspecified atom stereocenters. The van der Waals surface area contributed by atoms with Crippen molar-refractivity contribution in [3.63, 3.8) is 0 Å². The molecule has 0 fully saturated rings. The quantitative estimate of drug-likeness (QED) is 0.487. The van der Waals surface area contributed by atoms with Crippen molar-refractivity contribution < 1.29 is 9.53 Å². The van der Waals surface area contributed by atoms with Crippen LogP contribution in [0.15, 0.2) is 65.7 Å². The zero-order chi connectivity index (χ0) is 22.7. The van der Waals surface area contributed by atoms with Crippen LogP contribution in [0.5, 0.6) is 5.75 Å². The SMILES string of the molecule is CCOc1ccc(CNC(=O)Cn2cnc3c(c(C)c(C)n3-c3ccccc3)c2=O)cc1. The Balaban J connectivity index is 1.54. The summed E-state index contributed by atoms with van der Waals surface area (Å²) < 4.78 is 8.76. The molecule has 2 aromatic carbocycles. The Bertz CT molecular complexity index is 1310. The van der Waals surface area contributed by atoms with Gasteiger partial charge < -0.3 is 10.1 Å². The molecule has 0 aliphatic rings. The van der Waals surface area contributed by atoms with Crippen LogP contribution in [0.1, 0.15) is 23.7 Å². The van der Waals surface area contributed by atoms with Gasteiger partial charge in [0.05, 0.1) is 12.0 Å². The highest BCUT2D eigenvalue weighted by Gasteiger charge is 2.18. The molecule has 0 spiro atoms. The van der Waals surface area contributed by atoms with E-state index in [-0.39, 0.29) is 18.0 Å². The van der Waals surface area contributed by atoms with Crippen molar-refractivity contribution in [2.75, 3.05) is 6.61 Å². The van der Waals surface area contributed by atoms with E-state index in [4.69, 9.17) is 4.74 Å². The van der Waals surface area contributed by atoms with Crippen molar-refractivity contribution in [1.82, 2.24) is 19.4 Å². The summed E-state index contributed by atoms with van der Waals surface area (Å²) in [6.07, 6.45) is 1.44. The van der Waals surface area contributed by atoms with E-state index in [2.05, 4.69) is 10.3 Å². The molecule has 32 heavy (non-hydrogen) atoms. The zero-order valence-electron chi connectivity index (χ0n) is 18.5. The summed E-state index contributed by atoms with van der Waals surface area (Å²) in [6, 6.07) is 17.4.